The minimum atomic E-state index is -2.64. The third-order valence-corrected chi connectivity index (χ3v) is 31.0. The monoisotopic (exact) mass is 712 g/mol. The van der Waals surface area contributed by atoms with Gasteiger partial charge >= 0.3 is 261 Å². The number of unbranched alkanes of at least 4 members (excludes halogenated alkanes) is 3. The number of aliphatic hydroxyl groups excluding tert-OH is 1. The predicted octanol–water partition coefficient (Wildman–Crippen LogP) is 10.2. The zero-order chi connectivity index (χ0) is 31.8. The van der Waals surface area contributed by atoms with Gasteiger partial charge in [-0.05, 0) is 0 Å². The van der Waals surface area contributed by atoms with E-state index in [9.17, 15) is 5.11 Å². The van der Waals surface area contributed by atoms with Gasteiger partial charge in [0.2, 0.25) is 0 Å². The molecule has 0 aliphatic rings. The molecule has 0 spiro atoms. The van der Waals surface area contributed by atoms with Gasteiger partial charge in [-0.3, -0.25) is 0 Å². The molecule has 0 aromatic heterocycles. The molecule has 4 heteroatoms. The minimum absolute atomic E-state index is 0.00685. The van der Waals surface area contributed by atoms with Crippen molar-refractivity contribution >= 4 is 37.1 Å². The first-order valence-corrected chi connectivity index (χ1v) is 26.7. The molecule has 0 aliphatic carbocycles. The Balaban J connectivity index is 2.29. The molecule has 2 aromatic carbocycles. The van der Waals surface area contributed by atoms with Gasteiger partial charge < -0.3 is 0 Å². The standard InChI is InChI=1S/C27H37O2Si.3C4H9.Sn/c1-6-27(5,20-13-14-22-28)21-15-23-29-30(26(2,3)4,24-16-9-7-10-17-24)25-18-11-8-12-19-25;3*1-3-4-2;/h6-13,16-19,28H,1,15,20-23H2,2-5H3;3*1,3-4H2,2H3;. The fourth-order valence-electron chi connectivity index (χ4n) is 6.96. The van der Waals surface area contributed by atoms with Crippen LogP contribution in [0.1, 0.15) is 106 Å². The van der Waals surface area contributed by atoms with Crippen molar-refractivity contribution in [2.45, 2.75) is 125 Å². The van der Waals surface area contributed by atoms with Crippen molar-refractivity contribution in [2.24, 2.45) is 5.41 Å². The summed E-state index contributed by atoms with van der Waals surface area (Å²) in [4.78, 5) is 0. The number of allylic oxidation sites excluding steroid dienone is 2. The van der Waals surface area contributed by atoms with Crippen molar-refractivity contribution in [1.29, 1.82) is 0 Å². The van der Waals surface area contributed by atoms with Crippen molar-refractivity contribution in [1.82, 2.24) is 0 Å². The summed E-state index contributed by atoms with van der Waals surface area (Å²) in [6, 6.07) is 21.9. The summed E-state index contributed by atoms with van der Waals surface area (Å²) in [6.45, 7) is 21.7. The Hall–Kier alpha value is -1.14. The van der Waals surface area contributed by atoms with E-state index in [1.807, 2.05) is 0 Å². The molecule has 43 heavy (non-hydrogen) atoms. The molecule has 0 saturated heterocycles. The molecular formula is C39H64O2SiSn. The van der Waals surface area contributed by atoms with Crippen LogP contribution in [0.2, 0.25) is 18.3 Å². The number of rotatable bonds is 21. The summed E-state index contributed by atoms with van der Waals surface area (Å²) < 4.78 is 12.9. The number of aliphatic hydroxyl groups is 1. The Labute approximate surface area is 271 Å². The second-order valence-corrected chi connectivity index (χ2v) is 31.9. The summed E-state index contributed by atoms with van der Waals surface area (Å²) >= 11 is -2.64. The van der Waals surface area contributed by atoms with Crippen molar-refractivity contribution < 1.29 is 9.53 Å². The fraction of sp³-hybridized carbons (Fsp3) is 0.590. The van der Waals surface area contributed by atoms with Crippen molar-refractivity contribution in [3.05, 3.63) is 83.0 Å². The Morgan fingerprint density at radius 2 is 1.26 bits per heavy atom. The average molecular weight is 712 g/mol. The van der Waals surface area contributed by atoms with E-state index in [-0.39, 0.29) is 17.1 Å². The SMILES string of the molecule is C=CC(C)(C/C=[C](/CO)[Sn]([CH2]CCC)([CH2]CCC)[CH2]CCC)CCCO[Si](c1ccccc1)(c1ccccc1)C(C)(C)C. The normalized spacial score (nSPS) is 14.5. The average Bonchev–Trinajstić information content (AvgIpc) is 3.02. The first kappa shape index (κ1) is 38.0. The molecule has 1 unspecified atom stereocenters. The van der Waals surface area contributed by atoms with E-state index >= 15 is 0 Å². The van der Waals surface area contributed by atoms with Crippen LogP contribution < -0.4 is 10.4 Å². The summed E-state index contributed by atoms with van der Waals surface area (Å²) in [5, 5.41) is 13.4. The second kappa shape index (κ2) is 18.7. The third kappa shape index (κ3) is 10.4. The van der Waals surface area contributed by atoms with Gasteiger partial charge in [0.1, 0.15) is 0 Å². The molecule has 0 heterocycles. The third-order valence-electron chi connectivity index (χ3n) is 9.81. The van der Waals surface area contributed by atoms with Crippen LogP contribution in [0.25, 0.3) is 0 Å². The summed E-state index contributed by atoms with van der Waals surface area (Å²) in [5.74, 6) is 0. The number of hydrogen-bond donors (Lipinski definition) is 1. The zero-order valence-corrected chi connectivity index (χ0v) is 32.7. The van der Waals surface area contributed by atoms with Gasteiger partial charge in [0.15, 0.2) is 0 Å². The van der Waals surface area contributed by atoms with Crippen molar-refractivity contribution in [3.63, 3.8) is 0 Å². The van der Waals surface area contributed by atoms with Crippen LogP contribution in [0, 0.1) is 5.41 Å². The number of benzene rings is 2. The van der Waals surface area contributed by atoms with Gasteiger partial charge in [-0.25, -0.2) is 0 Å². The maximum atomic E-state index is 10.8. The van der Waals surface area contributed by atoms with Crippen LogP contribution in [0.15, 0.2) is 83.0 Å². The Morgan fingerprint density at radius 1 is 0.791 bits per heavy atom. The van der Waals surface area contributed by atoms with E-state index in [2.05, 4.69) is 128 Å². The van der Waals surface area contributed by atoms with E-state index < -0.39 is 26.7 Å². The second-order valence-electron chi connectivity index (χ2n) is 14.2. The quantitative estimate of drug-likeness (QED) is 0.0794. The van der Waals surface area contributed by atoms with Gasteiger partial charge in [-0.15, -0.1) is 0 Å². The molecule has 240 valence electrons. The molecule has 0 aliphatic heterocycles. The van der Waals surface area contributed by atoms with E-state index in [0.29, 0.717) is 0 Å². The maximum absolute atomic E-state index is 10.8. The zero-order valence-electron chi connectivity index (χ0n) is 28.9. The molecular weight excluding hydrogens is 647 g/mol. The Morgan fingerprint density at radius 3 is 1.63 bits per heavy atom. The van der Waals surface area contributed by atoms with Crippen LogP contribution in [0.5, 0.6) is 0 Å². The molecule has 2 rings (SSSR count). The van der Waals surface area contributed by atoms with Crippen LogP contribution in [0.3, 0.4) is 0 Å². The van der Waals surface area contributed by atoms with E-state index in [0.717, 1.165) is 25.9 Å². The van der Waals surface area contributed by atoms with Gasteiger partial charge in [-0.1, -0.05) is 12.1 Å². The van der Waals surface area contributed by atoms with Gasteiger partial charge in [0, 0.05) is 0 Å². The molecule has 0 saturated carbocycles. The summed E-state index contributed by atoms with van der Waals surface area (Å²) in [6.07, 6.45) is 15.4. The van der Waals surface area contributed by atoms with Crippen molar-refractivity contribution in [3.8, 4) is 0 Å². The molecule has 0 radical (unpaired) electrons. The van der Waals surface area contributed by atoms with E-state index in [1.165, 1.54) is 65.8 Å². The van der Waals surface area contributed by atoms with Gasteiger partial charge in [0.05, 0.1) is 0 Å². The van der Waals surface area contributed by atoms with Crippen LogP contribution in [0.4, 0.5) is 0 Å². The first-order valence-electron chi connectivity index (χ1n) is 17.3. The van der Waals surface area contributed by atoms with Crippen LogP contribution >= 0.6 is 0 Å². The van der Waals surface area contributed by atoms with Gasteiger partial charge in [0.25, 0.3) is 0 Å². The van der Waals surface area contributed by atoms with E-state index in [1.54, 1.807) is 0 Å². The van der Waals surface area contributed by atoms with Gasteiger partial charge in [-0.2, -0.15) is 0 Å². The molecule has 0 bridgehead atoms. The molecule has 2 aromatic rings. The summed E-state index contributed by atoms with van der Waals surface area (Å²) in [5.41, 5.74) is -0.00685. The first-order chi connectivity index (χ1) is 20.6. The molecule has 2 nitrogen and oxygen atoms in total. The molecule has 1 atom stereocenters. The van der Waals surface area contributed by atoms with Crippen LogP contribution in [-0.2, 0) is 4.43 Å². The number of hydrogen-bond acceptors (Lipinski definition) is 2. The molecule has 0 fully saturated rings. The molecule has 1 N–H and O–H groups in total. The predicted molar refractivity (Wildman–Crippen MR) is 196 cm³/mol. The van der Waals surface area contributed by atoms with Crippen LogP contribution in [-0.4, -0.2) is 45.0 Å². The Kier molecular flexibility index (Phi) is 16.6. The molecule has 0 amide bonds. The van der Waals surface area contributed by atoms with E-state index in [4.69, 9.17) is 4.43 Å². The summed E-state index contributed by atoms with van der Waals surface area (Å²) in [7, 11) is -2.52. The Bertz CT molecular complexity index is 1010. The van der Waals surface area contributed by atoms with Crippen molar-refractivity contribution in [2.75, 3.05) is 13.2 Å². The fourth-order valence-corrected chi connectivity index (χ4v) is 27.8. The topological polar surface area (TPSA) is 29.5 Å².